The van der Waals surface area contributed by atoms with Crippen molar-refractivity contribution in [3.63, 3.8) is 0 Å². The van der Waals surface area contributed by atoms with E-state index in [0.717, 1.165) is 31.6 Å². The van der Waals surface area contributed by atoms with Crippen molar-refractivity contribution in [3.05, 3.63) is 23.4 Å². The molecule has 1 aliphatic rings. The largest absolute Gasteiger partial charge is 0.384 e. The van der Waals surface area contributed by atoms with Gasteiger partial charge in [-0.05, 0) is 82.2 Å². The number of hydrogen-bond donors (Lipinski definition) is 2. The van der Waals surface area contributed by atoms with E-state index in [2.05, 4.69) is 34.5 Å². The molecule has 0 radical (unpaired) electrons. The predicted molar refractivity (Wildman–Crippen MR) is 89.8 cm³/mol. The molecule has 3 N–H and O–H groups in total. The quantitative estimate of drug-likeness (QED) is 0.758. The van der Waals surface area contributed by atoms with Gasteiger partial charge in [0.05, 0.1) is 0 Å². The van der Waals surface area contributed by atoms with Crippen molar-refractivity contribution >= 4 is 12.0 Å². The first-order valence-electron chi connectivity index (χ1n) is 8.05. The summed E-state index contributed by atoms with van der Waals surface area (Å²) >= 11 is 0. The number of aliphatic imine (C=N–C) groups is 1. The molecule has 0 saturated heterocycles. The lowest BCUT2D eigenvalue weighted by molar-refractivity contribution is 0.380. The van der Waals surface area contributed by atoms with Crippen LogP contribution in [0.2, 0.25) is 0 Å². The van der Waals surface area contributed by atoms with Crippen LogP contribution in [0.25, 0.3) is 0 Å². The molecule has 0 fully saturated rings. The Bertz CT molecular complexity index is 450. The molecule has 21 heavy (non-hydrogen) atoms. The molecule has 2 rings (SSSR count). The van der Waals surface area contributed by atoms with Gasteiger partial charge in [-0.3, -0.25) is 4.99 Å². The number of aryl methyl sites for hydroxylation is 2. The summed E-state index contributed by atoms with van der Waals surface area (Å²) in [4.78, 5) is 9.00. The van der Waals surface area contributed by atoms with Gasteiger partial charge >= 0.3 is 0 Å². The van der Waals surface area contributed by atoms with Crippen LogP contribution in [0, 0.1) is 18.8 Å². The smallest absolute Gasteiger partial charge is 0.123 e. The van der Waals surface area contributed by atoms with Crippen LogP contribution < -0.4 is 11.1 Å². The summed E-state index contributed by atoms with van der Waals surface area (Å²) in [5.74, 6) is 1.99. The Morgan fingerprint density at radius 3 is 2.95 bits per heavy atom. The second-order valence-electron chi connectivity index (χ2n) is 6.22. The number of pyridine rings is 1. The van der Waals surface area contributed by atoms with E-state index >= 15 is 0 Å². The topological polar surface area (TPSA) is 63.3 Å². The Balaban J connectivity index is 1.79. The van der Waals surface area contributed by atoms with Gasteiger partial charge < -0.3 is 11.1 Å². The molecule has 0 aromatic carbocycles. The highest BCUT2D eigenvalue weighted by atomic mass is 14.8. The molecular formula is C17H28N4. The highest BCUT2D eigenvalue weighted by Gasteiger charge is 2.18. The van der Waals surface area contributed by atoms with Crippen molar-refractivity contribution in [2.24, 2.45) is 16.8 Å². The standard InChI is InChI=1S/C17H28N4/c1-13-8-16(21-17(18)9-13)6-5-15-10-14(11-20-12-15)4-3-7-19-2/h8-9,11,14-15,19H,3-7,10,12H2,1-2H3,(H2,18,21). The van der Waals surface area contributed by atoms with Gasteiger partial charge in [0, 0.05) is 18.5 Å². The maximum absolute atomic E-state index is 5.82. The summed E-state index contributed by atoms with van der Waals surface area (Å²) in [6.07, 6.45) is 8.10. The number of rotatable bonds is 7. The van der Waals surface area contributed by atoms with E-state index in [1.165, 1.54) is 24.8 Å². The molecule has 4 heteroatoms. The van der Waals surface area contributed by atoms with Crippen LogP contribution in [0.4, 0.5) is 5.82 Å². The van der Waals surface area contributed by atoms with Gasteiger partial charge in [-0.15, -0.1) is 0 Å². The van der Waals surface area contributed by atoms with Gasteiger partial charge in [0.15, 0.2) is 0 Å². The molecule has 2 atom stereocenters. The van der Waals surface area contributed by atoms with E-state index in [4.69, 9.17) is 5.73 Å². The SMILES string of the molecule is CNCCCC1C=NCC(CCc2cc(C)cc(N)n2)C1. The summed E-state index contributed by atoms with van der Waals surface area (Å²) < 4.78 is 0. The maximum Gasteiger partial charge on any atom is 0.123 e. The number of anilines is 1. The first kappa shape index (κ1) is 16.0. The molecule has 0 aliphatic carbocycles. The second kappa shape index (κ2) is 8.13. The van der Waals surface area contributed by atoms with Crippen LogP contribution in [0.15, 0.2) is 17.1 Å². The number of nitrogen functional groups attached to an aromatic ring is 1. The molecule has 0 bridgehead atoms. The summed E-state index contributed by atoms with van der Waals surface area (Å²) in [6.45, 7) is 4.15. The van der Waals surface area contributed by atoms with Crippen LogP contribution in [0.3, 0.4) is 0 Å². The Labute approximate surface area is 128 Å². The lowest BCUT2D eigenvalue weighted by atomic mass is 9.86. The number of nitrogens with two attached hydrogens (primary N) is 1. The minimum atomic E-state index is 0.636. The van der Waals surface area contributed by atoms with Crippen molar-refractivity contribution < 1.29 is 0 Å². The van der Waals surface area contributed by atoms with Crippen LogP contribution in [-0.4, -0.2) is 31.3 Å². The Hall–Kier alpha value is -1.42. The lowest BCUT2D eigenvalue weighted by Gasteiger charge is -2.24. The first-order valence-corrected chi connectivity index (χ1v) is 8.05. The van der Waals surface area contributed by atoms with Gasteiger partial charge in [-0.2, -0.15) is 0 Å². The van der Waals surface area contributed by atoms with E-state index in [9.17, 15) is 0 Å². The zero-order valence-corrected chi connectivity index (χ0v) is 13.3. The predicted octanol–water partition coefficient (Wildman–Crippen LogP) is 2.61. The molecule has 1 aromatic rings. The average molecular weight is 288 g/mol. The first-order chi connectivity index (χ1) is 10.2. The highest BCUT2D eigenvalue weighted by molar-refractivity contribution is 5.61. The normalized spacial score (nSPS) is 21.6. The molecule has 2 unspecified atom stereocenters. The van der Waals surface area contributed by atoms with Gasteiger partial charge in [0.2, 0.25) is 0 Å². The van der Waals surface area contributed by atoms with E-state index in [1.807, 2.05) is 13.1 Å². The van der Waals surface area contributed by atoms with Crippen molar-refractivity contribution in [1.29, 1.82) is 0 Å². The molecule has 2 heterocycles. The van der Waals surface area contributed by atoms with Crippen LogP contribution >= 0.6 is 0 Å². The van der Waals surface area contributed by atoms with E-state index in [1.54, 1.807) is 0 Å². The summed E-state index contributed by atoms with van der Waals surface area (Å²) in [5, 5.41) is 3.21. The molecular weight excluding hydrogens is 260 g/mol. The van der Waals surface area contributed by atoms with Crippen LogP contribution in [0.5, 0.6) is 0 Å². The van der Waals surface area contributed by atoms with Crippen LogP contribution in [0.1, 0.15) is 36.9 Å². The van der Waals surface area contributed by atoms with Gasteiger partial charge in [0.1, 0.15) is 5.82 Å². The monoisotopic (exact) mass is 288 g/mol. The zero-order valence-electron chi connectivity index (χ0n) is 13.3. The summed E-state index contributed by atoms with van der Waals surface area (Å²) in [7, 11) is 2.01. The molecule has 1 aromatic heterocycles. The highest BCUT2D eigenvalue weighted by Crippen LogP contribution is 2.24. The Morgan fingerprint density at radius 2 is 2.19 bits per heavy atom. The number of aromatic nitrogens is 1. The second-order valence-corrected chi connectivity index (χ2v) is 6.22. The average Bonchev–Trinajstić information content (AvgIpc) is 2.45. The summed E-state index contributed by atoms with van der Waals surface area (Å²) in [6, 6.07) is 4.07. The fourth-order valence-electron chi connectivity index (χ4n) is 3.11. The third-order valence-corrected chi connectivity index (χ3v) is 4.17. The van der Waals surface area contributed by atoms with Crippen molar-refractivity contribution in [2.45, 2.75) is 39.0 Å². The minimum absolute atomic E-state index is 0.636. The lowest BCUT2D eigenvalue weighted by Crippen LogP contribution is -2.20. The number of hydrogen-bond acceptors (Lipinski definition) is 4. The van der Waals surface area contributed by atoms with E-state index < -0.39 is 0 Å². The fourth-order valence-corrected chi connectivity index (χ4v) is 3.11. The van der Waals surface area contributed by atoms with Gasteiger partial charge in [-0.1, -0.05) is 0 Å². The van der Waals surface area contributed by atoms with Crippen molar-refractivity contribution in [3.8, 4) is 0 Å². The van der Waals surface area contributed by atoms with Crippen molar-refractivity contribution in [2.75, 3.05) is 25.9 Å². The molecule has 0 saturated carbocycles. The molecule has 0 spiro atoms. The molecule has 1 aliphatic heterocycles. The van der Waals surface area contributed by atoms with Gasteiger partial charge in [0.25, 0.3) is 0 Å². The molecule has 116 valence electrons. The third-order valence-electron chi connectivity index (χ3n) is 4.17. The van der Waals surface area contributed by atoms with Crippen molar-refractivity contribution in [1.82, 2.24) is 10.3 Å². The minimum Gasteiger partial charge on any atom is -0.384 e. The fraction of sp³-hybridized carbons (Fsp3) is 0.647. The van der Waals surface area contributed by atoms with E-state index in [-0.39, 0.29) is 0 Å². The molecule has 4 nitrogen and oxygen atoms in total. The Kier molecular flexibility index (Phi) is 6.18. The van der Waals surface area contributed by atoms with E-state index in [0.29, 0.717) is 17.7 Å². The number of nitrogens with one attached hydrogen (secondary N) is 1. The maximum atomic E-state index is 5.82. The zero-order chi connectivity index (χ0) is 15.1. The number of nitrogens with zero attached hydrogens (tertiary/aromatic N) is 2. The van der Waals surface area contributed by atoms with Crippen LogP contribution in [-0.2, 0) is 6.42 Å². The summed E-state index contributed by atoms with van der Waals surface area (Å²) in [5.41, 5.74) is 8.14. The van der Waals surface area contributed by atoms with Gasteiger partial charge in [-0.25, -0.2) is 4.98 Å². The third kappa shape index (κ3) is 5.46. The Morgan fingerprint density at radius 1 is 1.33 bits per heavy atom. The molecule has 0 amide bonds.